The van der Waals surface area contributed by atoms with E-state index in [-0.39, 0.29) is 0 Å². The molecule has 1 rings (SSSR count). The van der Waals surface area contributed by atoms with Crippen LogP contribution in [0.25, 0.3) is 0 Å². The van der Waals surface area contributed by atoms with Crippen molar-refractivity contribution in [3.8, 4) is 0 Å². The van der Waals surface area contributed by atoms with E-state index in [1.807, 2.05) is 0 Å². The van der Waals surface area contributed by atoms with Gasteiger partial charge in [0, 0.05) is 12.6 Å². The van der Waals surface area contributed by atoms with Crippen molar-refractivity contribution in [2.24, 2.45) is 5.41 Å². The number of hydrogen-bond acceptors (Lipinski definition) is 1. The molecular weight excluding hydrogens is 254 g/mol. The summed E-state index contributed by atoms with van der Waals surface area (Å²) in [5.74, 6) is 0. The number of hydrogen-bond donors (Lipinski definition) is 1. The molecule has 0 saturated carbocycles. The Labute approximate surface area is 132 Å². The van der Waals surface area contributed by atoms with Crippen molar-refractivity contribution >= 4 is 0 Å². The first-order valence-electron chi connectivity index (χ1n) is 8.72. The summed E-state index contributed by atoms with van der Waals surface area (Å²) in [7, 11) is 0. The molecule has 0 heterocycles. The highest BCUT2D eigenvalue weighted by Gasteiger charge is 2.28. The number of nitrogens with one attached hydrogen (secondary N) is 1. The van der Waals surface area contributed by atoms with Crippen molar-refractivity contribution in [1.82, 2.24) is 5.32 Å². The van der Waals surface area contributed by atoms with Crippen molar-refractivity contribution in [3.63, 3.8) is 0 Å². The van der Waals surface area contributed by atoms with Crippen LogP contribution in [-0.4, -0.2) is 12.6 Å². The molecule has 1 aromatic rings. The Morgan fingerprint density at radius 2 is 1.81 bits per heavy atom. The van der Waals surface area contributed by atoms with Crippen LogP contribution in [0.1, 0.15) is 70.1 Å². The van der Waals surface area contributed by atoms with Crippen LogP contribution >= 0.6 is 0 Å². The standard InChI is InChI=1S/C20H35N/c1-7-9-12-20(8-2,15-21-16(3)4)14-19-11-10-17(5)18(6)13-19/h10-11,13,16,21H,7-9,12,14-15H2,1-6H3. The Morgan fingerprint density at radius 1 is 1.10 bits per heavy atom. The van der Waals surface area contributed by atoms with E-state index < -0.39 is 0 Å². The van der Waals surface area contributed by atoms with Crippen LogP contribution < -0.4 is 5.32 Å². The molecule has 1 heteroatoms. The summed E-state index contributed by atoms with van der Waals surface area (Å²) in [6.07, 6.45) is 6.39. The SMILES string of the molecule is CCCCC(CC)(CNC(C)C)Cc1ccc(C)c(C)c1. The summed E-state index contributed by atoms with van der Waals surface area (Å²) in [5, 5.41) is 3.69. The van der Waals surface area contributed by atoms with Gasteiger partial charge in [-0.05, 0) is 55.2 Å². The lowest BCUT2D eigenvalue weighted by Gasteiger charge is -2.34. The predicted octanol–water partition coefficient (Wildman–Crippen LogP) is 5.43. The lowest BCUT2D eigenvalue weighted by atomic mass is 9.74. The third-order valence-electron chi connectivity index (χ3n) is 4.85. The van der Waals surface area contributed by atoms with E-state index in [2.05, 4.69) is 65.1 Å². The second-order valence-corrected chi connectivity index (χ2v) is 7.09. The van der Waals surface area contributed by atoms with Gasteiger partial charge in [0.25, 0.3) is 0 Å². The van der Waals surface area contributed by atoms with Crippen LogP contribution in [0.4, 0.5) is 0 Å². The molecule has 1 nitrogen and oxygen atoms in total. The maximum absolute atomic E-state index is 3.69. The predicted molar refractivity (Wildman–Crippen MR) is 95.0 cm³/mol. The lowest BCUT2D eigenvalue weighted by molar-refractivity contribution is 0.223. The lowest BCUT2D eigenvalue weighted by Crippen LogP contribution is -2.39. The molecule has 0 amide bonds. The first-order chi connectivity index (χ1) is 9.92. The van der Waals surface area contributed by atoms with Gasteiger partial charge in [-0.15, -0.1) is 0 Å². The van der Waals surface area contributed by atoms with Crippen molar-refractivity contribution in [3.05, 3.63) is 34.9 Å². The third kappa shape index (κ3) is 5.82. The molecule has 0 bridgehead atoms. The smallest absolute Gasteiger partial charge is 0.00133 e. The zero-order valence-corrected chi connectivity index (χ0v) is 15.1. The fourth-order valence-electron chi connectivity index (χ4n) is 2.98. The van der Waals surface area contributed by atoms with E-state index in [1.54, 1.807) is 0 Å². The maximum Gasteiger partial charge on any atom is 0.00133 e. The number of aryl methyl sites for hydroxylation is 2. The van der Waals surface area contributed by atoms with Crippen LogP contribution in [0, 0.1) is 19.3 Å². The molecule has 0 aliphatic heterocycles. The molecule has 0 radical (unpaired) electrons. The van der Waals surface area contributed by atoms with Gasteiger partial charge in [0.05, 0.1) is 0 Å². The molecule has 0 aliphatic carbocycles. The van der Waals surface area contributed by atoms with Gasteiger partial charge < -0.3 is 5.32 Å². The zero-order valence-electron chi connectivity index (χ0n) is 15.1. The summed E-state index contributed by atoms with van der Waals surface area (Å²) < 4.78 is 0. The van der Waals surface area contributed by atoms with Gasteiger partial charge in [0.15, 0.2) is 0 Å². The molecule has 1 N–H and O–H groups in total. The number of unbranched alkanes of at least 4 members (excludes halogenated alkanes) is 1. The average molecular weight is 290 g/mol. The fourth-order valence-corrected chi connectivity index (χ4v) is 2.98. The molecular formula is C20H35N. The Kier molecular flexibility index (Phi) is 7.45. The summed E-state index contributed by atoms with van der Waals surface area (Å²) in [4.78, 5) is 0. The van der Waals surface area contributed by atoms with Gasteiger partial charge in [-0.3, -0.25) is 0 Å². The number of benzene rings is 1. The van der Waals surface area contributed by atoms with E-state index in [1.165, 1.54) is 48.8 Å². The normalized spacial score (nSPS) is 14.4. The first kappa shape index (κ1) is 18.2. The monoisotopic (exact) mass is 289 g/mol. The Balaban J connectivity index is 2.89. The highest BCUT2D eigenvalue weighted by molar-refractivity contribution is 5.30. The van der Waals surface area contributed by atoms with Gasteiger partial charge in [0.1, 0.15) is 0 Å². The average Bonchev–Trinajstić information content (AvgIpc) is 2.46. The van der Waals surface area contributed by atoms with Crippen molar-refractivity contribution in [2.75, 3.05) is 6.54 Å². The van der Waals surface area contributed by atoms with Gasteiger partial charge in [-0.2, -0.15) is 0 Å². The van der Waals surface area contributed by atoms with Crippen molar-refractivity contribution in [2.45, 2.75) is 79.7 Å². The summed E-state index contributed by atoms with van der Waals surface area (Å²) in [6, 6.07) is 7.56. The molecule has 1 aromatic carbocycles. The maximum atomic E-state index is 3.69. The van der Waals surface area contributed by atoms with Gasteiger partial charge in [-0.1, -0.05) is 58.7 Å². The summed E-state index contributed by atoms with van der Waals surface area (Å²) >= 11 is 0. The van der Waals surface area contributed by atoms with Crippen LogP contribution in [0.15, 0.2) is 18.2 Å². The van der Waals surface area contributed by atoms with Crippen molar-refractivity contribution in [1.29, 1.82) is 0 Å². The third-order valence-corrected chi connectivity index (χ3v) is 4.85. The highest BCUT2D eigenvalue weighted by atomic mass is 14.9. The van der Waals surface area contributed by atoms with Crippen LogP contribution in [0.2, 0.25) is 0 Å². The van der Waals surface area contributed by atoms with Gasteiger partial charge in [0.2, 0.25) is 0 Å². The van der Waals surface area contributed by atoms with E-state index in [4.69, 9.17) is 0 Å². The molecule has 0 fully saturated rings. The minimum Gasteiger partial charge on any atom is -0.314 e. The van der Waals surface area contributed by atoms with E-state index in [0.29, 0.717) is 11.5 Å². The fraction of sp³-hybridized carbons (Fsp3) is 0.700. The van der Waals surface area contributed by atoms with E-state index in [9.17, 15) is 0 Å². The molecule has 0 aliphatic rings. The summed E-state index contributed by atoms with van der Waals surface area (Å²) in [6.45, 7) is 14.7. The van der Waals surface area contributed by atoms with E-state index in [0.717, 1.165) is 6.54 Å². The van der Waals surface area contributed by atoms with E-state index >= 15 is 0 Å². The molecule has 120 valence electrons. The number of rotatable bonds is 9. The van der Waals surface area contributed by atoms with Gasteiger partial charge in [-0.25, -0.2) is 0 Å². The molecule has 0 saturated heterocycles. The molecule has 21 heavy (non-hydrogen) atoms. The Morgan fingerprint density at radius 3 is 2.33 bits per heavy atom. The summed E-state index contributed by atoms with van der Waals surface area (Å²) in [5.41, 5.74) is 4.73. The second-order valence-electron chi connectivity index (χ2n) is 7.09. The quantitative estimate of drug-likeness (QED) is 0.639. The molecule has 1 unspecified atom stereocenters. The first-order valence-corrected chi connectivity index (χ1v) is 8.72. The molecule has 0 aromatic heterocycles. The van der Waals surface area contributed by atoms with Crippen LogP contribution in [0.3, 0.4) is 0 Å². The Bertz CT molecular complexity index is 422. The minimum absolute atomic E-state index is 0.405. The van der Waals surface area contributed by atoms with Gasteiger partial charge >= 0.3 is 0 Å². The Hall–Kier alpha value is -0.820. The minimum atomic E-state index is 0.405. The molecule has 0 spiro atoms. The van der Waals surface area contributed by atoms with Crippen LogP contribution in [-0.2, 0) is 6.42 Å². The van der Waals surface area contributed by atoms with Crippen LogP contribution in [0.5, 0.6) is 0 Å². The second kappa shape index (κ2) is 8.58. The van der Waals surface area contributed by atoms with Crippen molar-refractivity contribution < 1.29 is 0 Å². The zero-order chi connectivity index (χ0) is 15.9. The largest absolute Gasteiger partial charge is 0.314 e. The topological polar surface area (TPSA) is 12.0 Å². The molecule has 1 atom stereocenters. The highest BCUT2D eigenvalue weighted by Crippen LogP contribution is 2.33.